The summed E-state index contributed by atoms with van der Waals surface area (Å²) in [5, 5.41) is 10.1. The van der Waals surface area contributed by atoms with Gasteiger partial charge in [0.2, 0.25) is 0 Å². The molecule has 0 amide bonds. The van der Waals surface area contributed by atoms with Crippen LogP contribution in [-0.2, 0) is 19.1 Å². The van der Waals surface area contributed by atoms with Gasteiger partial charge < -0.3 is 14.6 Å². The van der Waals surface area contributed by atoms with Crippen LogP contribution in [0.25, 0.3) is 0 Å². The van der Waals surface area contributed by atoms with E-state index in [2.05, 4.69) is 13.2 Å². The van der Waals surface area contributed by atoms with E-state index in [1.807, 2.05) is 13.0 Å². The maximum atomic E-state index is 11.9. The van der Waals surface area contributed by atoms with Crippen molar-refractivity contribution in [2.75, 3.05) is 0 Å². The maximum Gasteiger partial charge on any atom is 0.334 e. The largest absolute Gasteiger partial charge is 0.454 e. The highest BCUT2D eigenvalue weighted by Crippen LogP contribution is 2.37. The summed E-state index contributed by atoms with van der Waals surface area (Å²) < 4.78 is 10.7. The molecule has 5 heteroatoms. The monoisotopic (exact) mass is 306 g/mol. The Labute approximate surface area is 130 Å². The molecule has 0 spiro atoms. The fraction of sp³-hybridized carbons (Fsp3) is 0.529. The van der Waals surface area contributed by atoms with Crippen LogP contribution in [0, 0.1) is 5.92 Å². The van der Waals surface area contributed by atoms with Gasteiger partial charge in [0.1, 0.15) is 0 Å². The van der Waals surface area contributed by atoms with Gasteiger partial charge >= 0.3 is 11.9 Å². The molecule has 1 saturated heterocycles. The molecule has 120 valence electrons. The number of carbonyl (C=O) groups excluding carboxylic acids is 2. The molecule has 0 aromatic carbocycles. The number of aliphatic hydroxyl groups is 1. The molecule has 1 heterocycles. The molecule has 2 aliphatic rings. The molecule has 5 nitrogen and oxygen atoms in total. The van der Waals surface area contributed by atoms with E-state index in [9.17, 15) is 14.7 Å². The van der Waals surface area contributed by atoms with Crippen LogP contribution in [0.15, 0.2) is 36.0 Å². The molecular weight excluding hydrogens is 284 g/mol. The smallest absolute Gasteiger partial charge is 0.334 e. The minimum absolute atomic E-state index is 0.283. The summed E-state index contributed by atoms with van der Waals surface area (Å²) in [6.07, 6.45) is 1.50. The zero-order valence-electron chi connectivity index (χ0n) is 13.0. The third-order valence-electron chi connectivity index (χ3n) is 4.30. The maximum absolute atomic E-state index is 11.9. The Hall–Kier alpha value is -1.88. The first-order valence-electron chi connectivity index (χ1n) is 7.40. The third-order valence-corrected chi connectivity index (χ3v) is 4.30. The van der Waals surface area contributed by atoms with Gasteiger partial charge in [-0.3, -0.25) is 4.79 Å². The van der Waals surface area contributed by atoms with Crippen molar-refractivity contribution in [3.05, 3.63) is 36.0 Å². The number of esters is 2. The second kappa shape index (κ2) is 6.48. The quantitative estimate of drug-likeness (QED) is 0.456. The lowest BCUT2D eigenvalue weighted by Crippen LogP contribution is -2.37. The highest BCUT2D eigenvalue weighted by molar-refractivity contribution is 5.91. The summed E-state index contributed by atoms with van der Waals surface area (Å²) in [4.78, 5) is 23.2. The second-order valence-corrected chi connectivity index (χ2v) is 5.93. The van der Waals surface area contributed by atoms with Crippen molar-refractivity contribution < 1.29 is 24.2 Å². The molecule has 22 heavy (non-hydrogen) atoms. The van der Waals surface area contributed by atoms with E-state index in [4.69, 9.17) is 9.47 Å². The van der Waals surface area contributed by atoms with Gasteiger partial charge in [0.15, 0.2) is 12.2 Å². The zero-order valence-corrected chi connectivity index (χ0v) is 13.0. The van der Waals surface area contributed by atoms with Crippen molar-refractivity contribution in [2.45, 2.75) is 51.4 Å². The first kappa shape index (κ1) is 16.5. The average Bonchev–Trinajstić information content (AvgIpc) is 2.73. The van der Waals surface area contributed by atoms with Crippen molar-refractivity contribution in [1.82, 2.24) is 0 Å². The number of ether oxygens (including phenoxy) is 2. The molecule has 0 bridgehead atoms. The van der Waals surface area contributed by atoms with Crippen LogP contribution in [0.4, 0.5) is 0 Å². The van der Waals surface area contributed by atoms with Crippen molar-refractivity contribution in [2.24, 2.45) is 5.92 Å². The molecule has 0 radical (unpaired) electrons. The van der Waals surface area contributed by atoms with Crippen molar-refractivity contribution >= 4 is 11.9 Å². The van der Waals surface area contributed by atoms with Gasteiger partial charge in [-0.2, -0.15) is 0 Å². The van der Waals surface area contributed by atoms with Gasteiger partial charge in [0.05, 0.1) is 6.10 Å². The predicted molar refractivity (Wildman–Crippen MR) is 80.8 cm³/mol. The van der Waals surface area contributed by atoms with Gasteiger partial charge in [-0.05, 0) is 37.3 Å². The summed E-state index contributed by atoms with van der Waals surface area (Å²) in [6, 6.07) is 0. The molecule has 1 aliphatic heterocycles. The van der Waals surface area contributed by atoms with Crippen LogP contribution in [0.3, 0.4) is 0 Å². The number of hydrogen-bond donors (Lipinski definition) is 1. The van der Waals surface area contributed by atoms with Crippen LogP contribution in [0.2, 0.25) is 0 Å². The van der Waals surface area contributed by atoms with Gasteiger partial charge in [-0.25, -0.2) is 4.79 Å². The van der Waals surface area contributed by atoms with E-state index >= 15 is 0 Å². The Morgan fingerprint density at radius 1 is 1.45 bits per heavy atom. The third kappa shape index (κ3) is 3.30. The first-order valence-corrected chi connectivity index (χ1v) is 7.40. The van der Waals surface area contributed by atoms with Gasteiger partial charge in [0, 0.05) is 18.4 Å². The van der Waals surface area contributed by atoms with Crippen molar-refractivity contribution in [1.29, 1.82) is 0 Å². The van der Waals surface area contributed by atoms with Crippen LogP contribution < -0.4 is 0 Å². The highest BCUT2D eigenvalue weighted by Gasteiger charge is 2.45. The number of fused-ring (bicyclic) bond motifs is 1. The minimum Gasteiger partial charge on any atom is -0.454 e. The van der Waals surface area contributed by atoms with E-state index in [-0.39, 0.29) is 5.92 Å². The van der Waals surface area contributed by atoms with Crippen LogP contribution >= 0.6 is 0 Å². The number of rotatable bonds is 1. The number of aliphatic hydroxyl groups excluding tert-OH is 1. The SMILES string of the molecule is C=C1CC[C@H](O)/C(C)=C\C[C@H]2C(=C)C(=O)O[C@@H]2[C@@H]1OC(C)=O. The summed E-state index contributed by atoms with van der Waals surface area (Å²) in [5.41, 5.74) is 1.86. The van der Waals surface area contributed by atoms with Gasteiger partial charge in [-0.1, -0.05) is 19.2 Å². The Balaban J connectivity index is 2.37. The van der Waals surface area contributed by atoms with Gasteiger partial charge in [-0.15, -0.1) is 0 Å². The van der Waals surface area contributed by atoms with E-state index in [1.54, 1.807) is 0 Å². The summed E-state index contributed by atoms with van der Waals surface area (Å²) in [6.45, 7) is 10.9. The molecule has 0 aromatic rings. The summed E-state index contributed by atoms with van der Waals surface area (Å²) in [7, 11) is 0. The predicted octanol–water partition coefficient (Wildman–Crippen LogP) is 2.06. The molecule has 1 fully saturated rings. The lowest BCUT2D eigenvalue weighted by Gasteiger charge is -2.29. The molecule has 4 atom stereocenters. The minimum atomic E-state index is -0.704. The summed E-state index contributed by atoms with van der Waals surface area (Å²) in [5.74, 6) is -1.21. The van der Waals surface area contributed by atoms with Crippen LogP contribution in [-0.4, -0.2) is 35.4 Å². The van der Waals surface area contributed by atoms with Crippen molar-refractivity contribution in [3.8, 4) is 0 Å². The van der Waals surface area contributed by atoms with E-state index in [1.165, 1.54) is 6.92 Å². The number of hydrogen-bond acceptors (Lipinski definition) is 5. The Bertz CT molecular complexity index is 545. The molecule has 0 unspecified atom stereocenters. The lowest BCUT2D eigenvalue weighted by molar-refractivity contribution is -0.157. The van der Waals surface area contributed by atoms with E-state index in [0.717, 1.165) is 5.57 Å². The number of allylic oxidation sites excluding steroid dienone is 1. The Morgan fingerprint density at radius 2 is 2.14 bits per heavy atom. The van der Waals surface area contributed by atoms with Crippen molar-refractivity contribution in [3.63, 3.8) is 0 Å². The van der Waals surface area contributed by atoms with Gasteiger partial charge in [0.25, 0.3) is 0 Å². The molecule has 1 aliphatic carbocycles. The first-order chi connectivity index (χ1) is 10.3. The fourth-order valence-corrected chi connectivity index (χ4v) is 2.88. The number of carbonyl (C=O) groups is 2. The molecular formula is C17H22O5. The molecule has 0 aromatic heterocycles. The Kier molecular flexibility index (Phi) is 4.86. The van der Waals surface area contributed by atoms with E-state index < -0.39 is 30.3 Å². The second-order valence-electron chi connectivity index (χ2n) is 5.93. The lowest BCUT2D eigenvalue weighted by atomic mass is 9.84. The standard InChI is InChI=1S/C17H22O5/c1-9-5-7-13-11(3)17(20)22-16(13)15(21-12(4)18)10(2)6-8-14(9)19/h5,13-16,19H,2-3,6-8H2,1,4H3/b9-5-/t13-,14-,15+,16-/m0/s1. The average molecular weight is 306 g/mol. The Morgan fingerprint density at radius 3 is 2.77 bits per heavy atom. The van der Waals surface area contributed by atoms with Crippen LogP contribution in [0.1, 0.15) is 33.1 Å². The zero-order chi connectivity index (χ0) is 16.4. The highest BCUT2D eigenvalue weighted by atomic mass is 16.6. The van der Waals surface area contributed by atoms with Crippen LogP contribution in [0.5, 0.6) is 0 Å². The topological polar surface area (TPSA) is 72.8 Å². The molecule has 2 rings (SSSR count). The summed E-state index contributed by atoms with van der Waals surface area (Å²) >= 11 is 0. The fourth-order valence-electron chi connectivity index (χ4n) is 2.88. The molecule has 1 N–H and O–H groups in total. The molecule has 0 saturated carbocycles. The normalized spacial score (nSPS) is 35.2. The van der Waals surface area contributed by atoms with E-state index in [0.29, 0.717) is 30.4 Å².